The molecule has 0 aliphatic carbocycles. The summed E-state index contributed by atoms with van der Waals surface area (Å²) in [5, 5.41) is 15.3. The molecule has 0 fully saturated rings. The van der Waals surface area contributed by atoms with Crippen molar-refractivity contribution in [3.8, 4) is 0 Å². The number of aryl methyl sites for hydroxylation is 2. The lowest BCUT2D eigenvalue weighted by Gasteiger charge is -2.15. The molecule has 0 aliphatic rings. The van der Waals surface area contributed by atoms with Crippen molar-refractivity contribution in [2.24, 2.45) is 0 Å². The van der Waals surface area contributed by atoms with Gasteiger partial charge in [-0.25, -0.2) is 9.18 Å². The number of nitrogens with one attached hydrogen (secondary N) is 1. The number of aromatic nitrogens is 1. The molecule has 0 saturated heterocycles. The van der Waals surface area contributed by atoms with Gasteiger partial charge in [-0.3, -0.25) is 4.79 Å². The monoisotopic (exact) mass is 306 g/mol. The molecule has 0 unspecified atom stereocenters. The topological polar surface area (TPSA) is 92.4 Å². The number of hydrogen-bond donors (Lipinski definition) is 2. The summed E-state index contributed by atoms with van der Waals surface area (Å²) in [5.41, 5.74) is 1.02. The average molecular weight is 306 g/mol. The zero-order valence-corrected chi connectivity index (χ0v) is 12.1. The maximum Gasteiger partial charge on any atom is 0.330 e. The Kier molecular flexibility index (Phi) is 4.55. The maximum absolute atomic E-state index is 13.3. The maximum atomic E-state index is 13.3. The van der Waals surface area contributed by atoms with Crippen LogP contribution in [0.15, 0.2) is 28.8 Å². The van der Waals surface area contributed by atoms with Crippen LogP contribution in [0, 0.1) is 19.7 Å². The van der Waals surface area contributed by atoms with E-state index in [4.69, 9.17) is 4.52 Å². The molecule has 2 rings (SSSR count). The van der Waals surface area contributed by atoms with E-state index in [0.29, 0.717) is 22.6 Å². The Balaban J connectivity index is 2.13. The van der Waals surface area contributed by atoms with Crippen molar-refractivity contribution in [3.05, 3.63) is 52.7 Å². The van der Waals surface area contributed by atoms with Crippen LogP contribution in [-0.4, -0.2) is 22.1 Å². The first kappa shape index (κ1) is 15.7. The summed E-state index contributed by atoms with van der Waals surface area (Å²) in [6.45, 7) is 3.22. The molecule has 1 aromatic heterocycles. The lowest BCUT2D eigenvalue weighted by atomic mass is 10.0. The zero-order chi connectivity index (χ0) is 16.3. The quantitative estimate of drug-likeness (QED) is 0.880. The number of carboxylic acids is 1. The first-order valence-electron chi connectivity index (χ1n) is 6.57. The number of benzene rings is 1. The number of carbonyl (C=O) groups excluding carboxylic acids is 1. The van der Waals surface area contributed by atoms with Crippen LogP contribution in [0.4, 0.5) is 4.39 Å². The van der Waals surface area contributed by atoms with E-state index in [9.17, 15) is 19.1 Å². The molecule has 2 N–H and O–H groups in total. The Hall–Kier alpha value is -2.70. The Labute approximate surface area is 125 Å². The molecule has 1 aromatic carbocycles. The fourth-order valence-electron chi connectivity index (χ4n) is 2.01. The van der Waals surface area contributed by atoms with Crippen LogP contribution in [0.3, 0.4) is 0 Å². The number of aliphatic carboxylic acids is 1. The van der Waals surface area contributed by atoms with Gasteiger partial charge in [-0.05, 0) is 31.0 Å². The molecule has 1 amide bonds. The third kappa shape index (κ3) is 3.69. The van der Waals surface area contributed by atoms with Crippen LogP contribution in [0.1, 0.15) is 28.6 Å². The normalized spacial score (nSPS) is 12.0. The van der Waals surface area contributed by atoms with Gasteiger partial charge >= 0.3 is 5.97 Å². The van der Waals surface area contributed by atoms with Crippen molar-refractivity contribution in [1.82, 2.24) is 10.5 Å². The van der Waals surface area contributed by atoms with Gasteiger partial charge in [-0.15, -0.1) is 0 Å². The van der Waals surface area contributed by atoms with E-state index >= 15 is 0 Å². The summed E-state index contributed by atoms with van der Waals surface area (Å²) >= 11 is 0. The number of hydrogen-bond acceptors (Lipinski definition) is 4. The summed E-state index contributed by atoms with van der Waals surface area (Å²) in [7, 11) is 0. The van der Waals surface area contributed by atoms with Crippen molar-refractivity contribution < 1.29 is 23.6 Å². The molecular weight excluding hydrogens is 291 g/mol. The standard InChI is InChI=1S/C15H15FN2O4/c1-8-5-10(3-4-12(8)16)14(15(20)21)17-13(19)7-11-6-9(2)22-18-11/h3-6,14H,7H2,1-2H3,(H,17,19)(H,20,21)/t14-/m1/s1. The molecule has 0 saturated carbocycles. The van der Waals surface area contributed by atoms with Gasteiger partial charge in [0.05, 0.1) is 12.1 Å². The first-order chi connectivity index (χ1) is 10.4. The molecule has 0 bridgehead atoms. The van der Waals surface area contributed by atoms with Crippen molar-refractivity contribution in [2.45, 2.75) is 26.3 Å². The third-order valence-corrected chi connectivity index (χ3v) is 3.09. The third-order valence-electron chi connectivity index (χ3n) is 3.09. The Morgan fingerprint density at radius 3 is 2.64 bits per heavy atom. The summed E-state index contributed by atoms with van der Waals surface area (Å²) in [6.07, 6.45) is -0.0959. The molecule has 0 aliphatic heterocycles. The van der Waals surface area contributed by atoms with E-state index in [1.165, 1.54) is 25.1 Å². The largest absolute Gasteiger partial charge is 0.479 e. The van der Waals surface area contributed by atoms with Crippen LogP contribution >= 0.6 is 0 Å². The predicted molar refractivity (Wildman–Crippen MR) is 74.6 cm³/mol. The number of rotatable bonds is 5. The Bertz CT molecular complexity index is 711. The van der Waals surface area contributed by atoms with Gasteiger partial charge in [0.2, 0.25) is 5.91 Å². The molecule has 1 atom stereocenters. The minimum Gasteiger partial charge on any atom is -0.479 e. The number of amides is 1. The van der Waals surface area contributed by atoms with E-state index in [-0.39, 0.29) is 6.42 Å². The lowest BCUT2D eigenvalue weighted by molar-refractivity contribution is -0.142. The summed E-state index contributed by atoms with van der Waals surface area (Å²) in [6, 6.07) is 4.25. The second-order valence-electron chi connectivity index (χ2n) is 4.95. The number of halogens is 1. The highest BCUT2D eigenvalue weighted by atomic mass is 19.1. The minimum atomic E-state index is -1.25. The molecule has 116 valence electrons. The van der Waals surface area contributed by atoms with Crippen LogP contribution in [0.2, 0.25) is 0 Å². The van der Waals surface area contributed by atoms with E-state index < -0.39 is 23.7 Å². The van der Waals surface area contributed by atoms with Gasteiger partial charge in [0.1, 0.15) is 11.6 Å². The highest BCUT2D eigenvalue weighted by Crippen LogP contribution is 2.17. The van der Waals surface area contributed by atoms with Gasteiger partial charge in [-0.1, -0.05) is 17.3 Å². The fraction of sp³-hybridized carbons (Fsp3) is 0.267. The average Bonchev–Trinajstić information content (AvgIpc) is 2.84. The first-order valence-corrected chi connectivity index (χ1v) is 6.57. The zero-order valence-electron chi connectivity index (χ0n) is 12.1. The summed E-state index contributed by atoms with van der Waals surface area (Å²) in [5.74, 6) is -1.61. The Morgan fingerprint density at radius 2 is 2.09 bits per heavy atom. The number of carbonyl (C=O) groups is 2. The van der Waals surface area contributed by atoms with Crippen molar-refractivity contribution in [1.29, 1.82) is 0 Å². The molecule has 2 aromatic rings. The molecule has 7 heteroatoms. The smallest absolute Gasteiger partial charge is 0.330 e. The van der Waals surface area contributed by atoms with Crippen molar-refractivity contribution in [3.63, 3.8) is 0 Å². The number of nitrogens with zero attached hydrogens (tertiary/aromatic N) is 1. The van der Waals surface area contributed by atoms with Gasteiger partial charge in [-0.2, -0.15) is 0 Å². The molecular formula is C15H15FN2O4. The molecule has 22 heavy (non-hydrogen) atoms. The molecule has 0 radical (unpaired) electrons. The fourth-order valence-corrected chi connectivity index (χ4v) is 2.01. The van der Waals surface area contributed by atoms with Crippen molar-refractivity contribution in [2.75, 3.05) is 0 Å². The minimum absolute atomic E-state index is 0.0959. The predicted octanol–water partition coefficient (Wildman–Crippen LogP) is 1.92. The second-order valence-corrected chi connectivity index (χ2v) is 4.95. The van der Waals surface area contributed by atoms with E-state index in [1.807, 2.05) is 0 Å². The van der Waals surface area contributed by atoms with Crippen LogP contribution < -0.4 is 5.32 Å². The van der Waals surface area contributed by atoms with Gasteiger partial charge in [0.15, 0.2) is 6.04 Å². The molecule has 0 spiro atoms. The summed E-state index contributed by atoms with van der Waals surface area (Å²) < 4.78 is 18.1. The summed E-state index contributed by atoms with van der Waals surface area (Å²) in [4.78, 5) is 23.3. The molecule has 6 nitrogen and oxygen atoms in total. The number of carboxylic acid groups (broad SMARTS) is 1. The van der Waals surface area contributed by atoms with Gasteiger partial charge in [0.25, 0.3) is 0 Å². The van der Waals surface area contributed by atoms with Gasteiger partial charge < -0.3 is 14.9 Å². The SMILES string of the molecule is Cc1cc(CC(=O)N[C@@H](C(=O)O)c2ccc(F)c(C)c2)no1. The van der Waals surface area contributed by atoms with Crippen LogP contribution in [0.5, 0.6) is 0 Å². The Morgan fingerprint density at radius 1 is 1.36 bits per heavy atom. The van der Waals surface area contributed by atoms with Gasteiger partial charge in [0, 0.05) is 6.07 Å². The van der Waals surface area contributed by atoms with E-state index in [0.717, 1.165) is 0 Å². The van der Waals surface area contributed by atoms with Crippen molar-refractivity contribution >= 4 is 11.9 Å². The lowest BCUT2D eigenvalue weighted by Crippen LogP contribution is -2.34. The van der Waals surface area contributed by atoms with E-state index in [1.54, 1.807) is 13.0 Å². The molecule has 1 heterocycles. The second kappa shape index (κ2) is 6.38. The highest BCUT2D eigenvalue weighted by molar-refractivity contribution is 5.85. The van der Waals surface area contributed by atoms with Crippen LogP contribution in [0.25, 0.3) is 0 Å². The highest BCUT2D eigenvalue weighted by Gasteiger charge is 2.23. The van der Waals surface area contributed by atoms with Crippen LogP contribution in [-0.2, 0) is 16.0 Å². The van der Waals surface area contributed by atoms with E-state index in [2.05, 4.69) is 10.5 Å².